The maximum Gasteiger partial charge on any atom is 0.299 e. The molecule has 1 atom stereocenters. The Balaban J connectivity index is 1.32. The van der Waals surface area contributed by atoms with Crippen LogP contribution in [0.1, 0.15) is 28.6 Å². The number of aromatic nitrogens is 1. The van der Waals surface area contributed by atoms with Crippen molar-refractivity contribution in [2.24, 2.45) is 0 Å². The zero-order valence-electron chi connectivity index (χ0n) is 17.1. The maximum atomic E-state index is 14.8. The van der Waals surface area contributed by atoms with Gasteiger partial charge in [-0.2, -0.15) is 5.26 Å². The second kappa shape index (κ2) is 8.66. The molecule has 1 aliphatic rings. The van der Waals surface area contributed by atoms with Gasteiger partial charge in [0.05, 0.1) is 23.4 Å². The average Bonchev–Trinajstić information content (AvgIpc) is 3.57. The van der Waals surface area contributed by atoms with Crippen LogP contribution in [-0.2, 0) is 11.2 Å². The van der Waals surface area contributed by atoms with Crippen LogP contribution in [0.5, 0.6) is 0 Å². The van der Waals surface area contributed by atoms with Gasteiger partial charge in [0.25, 0.3) is 6.01 Å². The number of epoxide rings is 1. The molecular weight excluding hydrogens is 448 g/mol. The first-order valence-electron chi connectivity index (χ1n) is 10.1. The minimum Gasteiger partial charge on any atom is -0.428 e. The number of nitriles is 1. The van der Waals surface area contributed by atoms with E-state index in [4.69, 9.17) is 26.0 Å². The minimum absolute atomic E-state index is 0.0985. The molecule has 1 fully saturated rings. The highest BCUT2D eigenvalue weighted by Gasteiger charge is 2.24. The molecule has 2 heterocycles. The molecule has 1 N–H and O–H groups in total. The Morgan fingerprint density at radius 3 is 2.42 bits per heavy atom. The van der Waals surface area contributed by atoms with Crippen LogP contribution in [0.4, 0.5) is 20.5 Å². The van der Waals surface area contributed by atoms with Crippen molar-refractivity contribution < 1.29 is 17.9 Å². The maximum absolute atomic E-state index is 14.8. The van der Waals surface area contributed by atoms with Crippen LogP contribution in [0.3, 0.4) is 0 Å². The van der Waals surface area contributed by atoms with Gasteiger partial charge in [0.1, 0.15) is 29.6 Å². The quantitative estimate of drug-likeness (QED) is 0.328. The van der Waals surface area contributed by atoms with Crippen LogP contribution in [-0.4, -0.2) is 11.6 Å². The number of hydrogen-bond acceptors (Lipinski definition) is 5. The predicted octanol–water partition coefficient (Wildman–Crippen LogP) is 6.55. The van der Waals surface area contributed by atoms with Gasteiger partial charge < -0.3 is 14.5 Å². The fraction of sp³-hybridized carbons (Fsp3) is 0.120. The van der Waals surface area contributed by atoms with Crippen molar-refractivity contribution in [2.75, 3.05) is 11.9 Å². The van der Waals surface area contributed by atoms with E-state index < -0.39 is 11.6 Å². The summed E-state index contributed by atoms with van der Waals surface area (Å²) in [6, 6.07) is 17.0. The van der Waals surface area contributed by atoms with Crippen molar-refractivity contribution in [1.82, 2.24) is 4.98 Å². The molecule has 1 saturated heterocycles. The van der Waals surface area contributed by atoms with E-state index in [1.54, 1.807) is 18.2 Å². The van der Waals surface area contributed by atoms with Gasteiger partial charge in [0, 0.05) is 17.7 Å². The average molecular weight is 464 g/mol. The smallest absolute Gasteiger partial charge is 0.299 e. The van der Waals surface area contributed by atoms with Crippen molar-refractivity contribution in [3.05, 3.63) is 99.9 Å². The topological polar surface area (TPSA) is 74.4 Å². The van der Waals surface area contributed by atoms with E-state index in [2.05, 4.69) is 10.3 Å². The van der Waals surface area contributed by atoms with E-state index >= 15 is 0 Å². The molecule has 0 aliphatic carbocycles. The van der Waals surface area contributed by atoms with Gasteiger partial charge in [-0.25, -0.2) is 13.8 Å². The van der Waals surface area contributed by atoms with E-state index in [1.807, 2.05) is 30.3 Å². The molecule has 1 aromatic heterocycles. The van der Waals surface area contributed by atoms with Gasteiger partial charge in [-0.3, -0.25) is 0 Å². The molecule has 1 aliphatic heterocycles. The van der Waals surface area contributed by atoms with Crippen LogP contribution in [0.2, 0.25) is 5.02 Å². The van der Waals surface area contributed by atoms with Crippen molar-refractivity contribution in [1.29, 1.82) is 5.26 Å². The van der Waals surface area contributed by atoms with Crippen LogP contribution >= 0.6 is 11.6 Å². The summed E-state index contributed by atoms with van der Waals surface area (Å²) in [4.78, 5) is 4.09. The Morgan fingerprint density at radius 2 is 1.79 bits per heavy atom. The summed E-state index contributed by atoms with van der Waals surface area (Å²) in [5, 5.41) is 12.1. The fourth-order valence-corrected chi connectivity index (χ4v) is 3.72. The molecule has 0 saturated carbocycles. The highest BCUT2D eigenvalue weighted by atomic mass is 35.5. The van der Waals surface area contributed by atoms with Crippen LogP contribution < -0.4 is 5.32 Å². The summed E-state index contributed by atoms with van der Waals surface area (Å²) in [6.45, 7) is 0.706. The Kier molecular flexibility index (Phi) is 5.55. The zero-order valence-corrected chi connectivity index (χ0v) is 17.9. The number of benzene rings is 3. The number of oxazole rings is 1. The van der Waals surface area contributed by atoms with Crippen molar-refractivity contribution in [3.63, 3.8) is 0 Å². The molecule has 33 heavy (non-hydrogen) atoms. The number of hydrogen-bond donors (Lipinski definition) is 1. The molecule has 0 bridgehead atoms. The summed E-state index contributed by atoms with van der Waals surface area (Å²) in [7, 11) is 0. The lowest BCUT2D eigenvalue weighted by atomic mass is 9.99. The third-order valence-electron chi connectivity index (χ3n) is 5.34. The normalized spacial score (nSPS) is 14.7. The molecule has 164 valence electrons. The molecule has 5 nitrogen and oxygen atoms in total. The first-order chi connectivity index (χ1) is 16.0. The van der Waals surface area contributed by atoms with E-state index in [0.717, 1.165) is 11.1 Å². The standard InChI is InChI=1S/C25H16ClF2N3O2/c26-21-9-18(6-5-16(21)11-29)31-25-30-12-19(33-25)10-20-22(27)7-17(8-23(20)28)14-1-3-15(4-2-14)24-13-32-24/h1-9,12,24H,10,13H2,(H,30,31). The van der Waals surface area contributed by atoms with Crippen molar-refractivity contribution in [3.8, 4) is 17.2 Å². The molecule has 5 rings (SSSR count). The molecule has 1 unspecified atom stereocenters. The zero-order chi connectivity index (χ0) is 22.9. The Labute approximate surface area is 193 Å². The van der Waals surface area contributed by atoms with Crippen molar-refractivity contribution in [2.45, 2.75) is 12.5 Å². The predicted molar refractivity (Wildman–Crippen MR) is 119 cm³/mol. The number of ether oxygens (including phenoxy) is 1. The van der Waals surface area contributed by atoms with Crippen LogP contribution in [0, 0.1) is 23.0 Å². The molecule has 4 aromatic rings. The first-order valence-corrected chi connectivity index (χ1v) is 10.5. The van der Waals surface area contributed by atoms with E-state index in [9.17, 15) is 8.78 Å². The third kappa shape index (κ3) is 4.58. The molecule has 0 radical (unpaired) electrons. The monoisotopic (exact) mass is 463 g/mol. The number of halogens is 3. The summed E-state index contributed by atoms with van der Waals surface area (Å²) in [5.74, 6) is -1.04. The molecule has 0 spiro atoms. The minimum atomic E-state index is -0.663. The van der Waals surface area contributed by atoms with Gasteiger partial charge in [-0.1, -0.05) is 35.9 Å². The Morgan fingerprint density at radius 1 is 1.06 bits per heavy atom. The van der Waals surface area contributed by atoms with Gasteiger partial charge in [0.2, 0.25) is 0 Å². The number of nitrogens with one attached hydrogen (secondary N) is 1. The number of anilines is 2. The van der Waals surface area contributed by atoms with Crippen LogP contribution in [0.15, 0.2) is 65.2 Å². The molecule has 3 aromatic carbocycles. The number of nitrogens with zero attached hydrogens (tertiary/aromatic N) is 2. The summed E-state index contributed by atoms with van der Waals surface area (Å²) in [5.41, 5.74) is 3.02. The fourth-order valence-electron chi connectivity index (χ4n) is 3.50. The van der Waals surface area contributed by atoms with Crippen molar-refractivity contribution >= 4 is 23.3 Å². The van der Waals surface area contributed by atoms with Crippen LogP contribution in [0.25, 0.3) is 11.1 Å². The highest BCUT2D eigenvalue weighted by molar-refractivity contribution is 6.32. The molecule has 8 heteroatoms. The SMILES string of the molecule is N#Cc1ccc(Nc2ncc(Cc3c(F)cc(-c4ccc(C5CO5)cc4)cc3F)o2)cc1Cl. The molecule has 0 amide bonds. The second-order valence-corrected chi connectivity index (χ2v) is 8.01. The number of rotatable bonds is 6. The van der Waals surface area contributed by atoms with Gasteiger partial charge in [-0.15, -0.1) is 0 Å². The summed E-state index contributed by atoms with van der Waals surface area (Å²) < 4.78 is 40.4. The third-order valence-corrected chi connectivity index (χ3v) is 5.65. The van der Waals surface area contributed by atoms with Gasteiger partial charge in [-0.05, 0) is 47.0 Å². The van der Waals surface area contributed by atoms with E-state index in [1.165, 1.54) is 18.3 Å². The second-order valence-electron chi connectivity index (χ2n) is 7.60. The Bertz CT molecular complexity index is 1350. The van der Waals surface area contributed by atoms with E-state index in [0.29, 0.717) is 23.4 Å². The summed E-state index contributed by atoms with van der Waals surface area (Å²) in [6.07, 6.45) is 1.43. The molecular formula is C25H16ClF2N3O2. The Hall–Kier alpha value is -3.73. The first kappa shape index (κ1) is 21.1. The lowest BCUT2D eigenvalue weighted by molar-refractivity contribution is 0.415. The highest BCUT2D eigenvalue weighted by Crippen LogP contribution is 2.32. The largest absolute Gasteiger partial charge is 0.428 e. The van der Waals surface area contributed by atoms with Gasteiger partial charge >= 0.3 is 0 Å². The lowest BCUT2D eigenvalue weighted by Gasteiger charge is -2.08. The van der Waals surface area contributed by atoms with Gasteiger partial charge in [0.15, 0.2) is 0 Å². The lowest BCUT2D eigenvalue weighted by Crippen LogP contribution is -1.98. The van der Waals surface area contributed by atoms with E-state index in [-0.39, 0.29) is 34.9 Å². The summed E-state index contributed by atoms with van der Waals surface area (Å²) >= 11 is 6.02.